The standard InChI is InChI=1S/C44H88NO7P/c1-6-8-10-12-14-16-18-20-22-23-24-25-27-29-31-33-35-37-44(46)52-43(42-51-53(47,48)50-40-38-45(3,4)5)41-49-39-36-34-32-30-28-26-21-19-17-15-13-11-9-7-2/h23-24,43H,6-22,25-42H2,1-5H3/b24-23-/t43-/m1/s1. The third-order valence-electron chi connectivity index (χ3n) is 9.82. The van der Waals surface area contributed by atoms with Crippen LogP contribution in [-0.2, 0) is 27.9 Å². The number of hydrogen-bond acceptors (Lipinski definition) is 7. The van der Waals surface area contributed by atoms with Crippen LogP contribution in [0, 0.1) is 0 Å². The maximum Gasteiger partial charge on any atom is 0.306 e. The van der Waals surface area contributed by atoms with Gasteiger partial charge in [-0.2, -0.15) is 0 Å². The van der Waals surface area contributed by atoms with Crippen LogP contribution < -0.4 is 4.89 Å². The molecule has 0 saturated heterocycles. The number of ether oxygens (including phenoxy) is 2. The zero-order valence-electron chi connectivity index (χ0n) is 35.7. The van der Waals surface area contributed by atoms with Crippen molar-refractivity contribution in [3.8, 4) is 0 Å². The number of allylic oxidation sites excluding steroid dienone is 2. The van der Waals surface area contributed by atoms with Crippen molar-refractivity contribution in [2.45, 2.75) is 213 Å². The maximum atomic E-state index is 12.7. The van der Waals surface area contributed by atoms with Gasteiger partial charge >= 0.3 is 5.97 Å². The summed E-state index contributed by atoms with van der Waals surface area (Å²) in [6.07, 6.45) is 40.7. The molecule has 0 aliphatic rings. The summed E-state index contributed by atoms with van der Waals surface area (Å²) in [6, 6.07) is 0. The minimum Gasteiger partial charge on any atom is -0.756 e. The van der Waals surface area contributed by atoms with Crippen molar-refractivity contribution in [1.82, 2.24) is 0 Å². The van der Waals surface area contributed by atoms with E-state index in [1.54, 1.807) is 0 Å². The molecule has 0 rings (SSSR count). The SMILES string of the molecule is CCCCCCCCCC/C=C\CCCCCCCC(=O)O[C@H](COCCCCCCCCCCCCCCCC)COP(=O)([O-])OCC[N+](C)(C)C. The largest absolute Gasteiger partial charge is 0.756 e. The van der Waals surface area contributed by atoms with Crippen molar-refractivity contribution in [3.05, 3.63) is 12.2 Å². The van der Waals surface area contributed by atoms with E-state index in [0.29, 0.717) is 24.1 Å². The van der Waals surface area contributed by atoms with Gasteiger partial charge in [0.25, 0.3) is 7.82 Å². The highest BCUT2D eigenvalue weighted by Gasteiger charge is 2.20. The molecule has 0 aromatic carbocycles. The number of hydrogen-bond donors (Lipinski definition) is 0. The molecule has 8 nitrogen and oxygen atoms in total. The summed E-state index contributed by atoms with van der Waals surface area (Å²) >= 11 is 0. The lowest BCUT2D eigenvalue weighted by molar-refractivity contribution is -0.870. The molecule has 0 saturated carbocycles. The Labute approximate surface area is 329 Å². The van der Waals surface area contributed by atoms with E-state index in [9.17, 15) is 14.3 Å². The van der Waals surface area contributed by atoms with Gasteiger partial charge in [-0.15, -0.1) is 0 Å². The molecule has 0 spiro atoms. The molecule has 1 unspecified atom stereocenters. The van der Waals surface area contributed by atoms with E-state index < -0.39 is 13.9 Å². The van der Waals surface area contributed by atoms with Gasteiger partial charge in [0, 0.05) is 13.0 Å². The third-order valence-corrected chi connectivity index (χ3v) is 10.8. The lowest BCUT2D eigenvalue weighted by atomic mass is 10.0. The topological polar surface area (TPSA) is 94.1 Å². The number of esters is 1. The molecule has 0 heterocycles. The van der Waals surface area contributed by atoms with Crippen LogP contribution in [0.5, 0.6) is 0 Å². The summed E-state index contributed by atoms with van der Waals surface area (Å²) in [4.78, 5) is 25.0. The minimum atomic E-state index is -4.52. The van der Waals surface area contributed by atoms with Gasteiger partial charge in [-0.3, -0.25) is 9.36 Å². The van der Waals surface area contributed by atoms with E-state index in [-0.39, 0.29) is 25.8 Å². The first-order chi connectivity index (χ1) is 25.6. The van der Waals surface area contributed by atoms with Crippen molar-refractivity contribution < 1.29 is 37.3 Å². The molecule has 2 atom stereocenters. The van der Waals surface area contributed by atoms with Gasteiger partial charge in [0.05, 0.1) is 34.4 Å². The molecule has 0 aliphatic heterocycles. The smallest absolute Gasteiger partial charge is 0.306 e. The number of carbonyl (C=O) groups is 1. The second-order valence-corrected chi connectivity index (χ2v) is 17.8. The molecular formula is C44H88NO7P. The highest BCUT2D eigenvalue weighted by molar-refractivity contribution is 7.45. The highest BCUT2D eigenvalue weighted by Crippen LogP contribution is 2.38. The summed E-state index contributed by atoms with van der Waals surface area (Å²) < 4.78 is 34.6. The predicted molar refractivity (Wildman–Crippen MR) is 222 cm³/mol. The molecule has 0 amide bonds. The molecule has 0 N–H and O–H groups in total. The Kier molecular flexibility index (Phi) is 37.6. The number of rotatable bonds is 42. The lowest BCUT2D eigenvalue weighted by Crippen LogP contribution is -2.37. The van der Waals surface area contributed by atoms with Gasteiger partial charge in [0.2, 0.25) is 0 Å². The molecule has 0 aliphatic carbocycles. The van der Waals surface area contributed by atoms with E-state index in [4.69, 9.17) is 18.5 Å². The quantitative estimate of drug-likeness (QED) is 0.0200. The molecule has 9 heteroatoms. The van der Waals surface area contributed by atoms with Crippen molar-refractivity contribution >= 4 is 13.8 Å². The Bertz CT molecular complexity index is 863. The van der Waals surface area contributed by atoms with Crippen LogP contribution >= 0.6 is 7.82 Å². The average molecular weight is 774 g/mol. The Hall–Kier alpha value is -0.760. The number of carbonyl (C=O) groups excluding carboxylic acids is 1. The van der Waals surface area contributed by atoms with E-state index in [2.05, 4.69) is 26.0 Å². The van der Waals surface area contributed by atoms with Crippen molar-refractivity contribution in [2.75, 3.05) is 54.1 Å². The molecule has 0 bridgehead atoms. The van der Waals surface area contributed by atoms with Gasteiger partial charge in [0.1, 0.15) is 19.3 Å². The van der Waals surface area contributed by atoms with Gasteiger partial charge < -0.3 is 27.9 Å². The fourth-order valence-corrected chi connectivity index (χ4v) is 7.03. The van der Waals surface area contributed by atoms with Gasteiger partial charge in [0.15, 0.2) is 0 Å². The molecule has 0 aromatic heterocycles. The Morgan fingerprint density at radius 3 is 1.43 bits per heavy atom. The van der Waals surface area contributed by atoms with Crippen LogP contribution in [0.4, 0.5) is 0 Å². The van der Waals surface area contributed by atoms with E-state index in [1.807, 2.05) is 21.1 Å². The monoisotopic (exact) mass is 774 g/mol. The average Bonchev–Trinajstić information content (AvgIpc) is 3.11. The van der Waals surface area contributed by atoms with Crippen molar-refractivity contribution in [3.63, 3.8) is 0 Å². The number of likely N-dealkylation sites (N-methyl/N-ethyl adjacent to an activating group) is 1. The molecule has 0 fully saturated rings. The zero-order chi connectivity index (χ0) is 39.1. The first-order valence-corrected chi connectivity index (χ1v) is 23.9. The number of phosphoric ester groups is 1. The summed E-state index contributed by atoms with van der Waals surface area (Å²) in [5, 5.41) is 0. The molecule has 53 heavy (non-hydrogen) atoms. The van der Waals surface area contributed by atoms with Crippen molar-refractivity contribution in [1.29, 1.82) is 0 Å². The Balaban J connectivity index is 4.21. The first kappa shape index (κ1) is 52.2. The molecule has 0 aromatic rings. The van der Waals surface area contributed by atoms with Crippen LogP contribution in [0.15, 0.2) is 12.2 Å². The number of nitrogens with zero attached hydrogens (tertiary/aromatic N) is 1. The first-order valence-electron chi connectivity index (χ1n) is 22.4. The maximum absolute atomic E-state index is 12.7. The van der Waals surface area contributed by atoms with Crippen LogP contribution in [0.1, 0.15) is 206 Å². The Morgan fingerprint density at radius 2 is 0.981 bits per heavy atom. The number of quaternary nitrogens is 1. The van der Waals surface area contributed by atoms with Crippen LogP contribution in [0.25, 0.3) is 0 Å². The normalized spacial score (nSPS) is 13.8. The minimum absolute atomic E-state index is 0.0277. The zero-order valence-corrected chi connectivity index (χ0v) is 36.6. The summed E-state index contributed by atoms with van der Waals surface area (Å²) in [5.41, 5.74) is 0. The fraction of sp³-hybridized carbons (Fsp3) is 0.932. The third kappa shape index (κ3) is 42.2. The predicted octanol–water partition coefficient (Wildman–Crippen LogP) is 12.4. The van der Waals surface area contributed by atoms with E-state index in [1.165, 1.54) is 141 Å². The summed E-state index contributed by atoms with van der Waals surface area (Å²) in [7, 11) is 1.36. The van der Waals surface area contributed by atoms with Gasteiger partial charge in [-0.05, 0) is 38.5 Å². The lowest BCUT2D eigenvalue weighted by Gasteiger charge is -2.28. The number of unbranched alkanes of at least 4 members (excludes halogenated alkanes) is 26. The fourth-order valence-electron chi connectivity index (χ4n) is 6.31. The molecular weight excluding hydrogens is 685 g/mol. The second-order valence-electron chi connectivity index (χ2n) is 16.4. The van der Waals surface area contributed by atoms with E-state index >= 15 is 0 Å². The van der Waals surface area contributed by atoms with Gasteiger partial charge in [-0.1, -0.05) is 174 Å². The van der Waals surface area contributed by atoms with Crippen molar-refractivity contribution in [2.24, 2.45) is 0 Å². The summed E-state index contributed by atoms with van der Waals surface area (Å²) in [5.74, 6) is -0.339. The summed E-state index contributed by atoms with van der Waals surface area (Å²) in [6.45, 7) is 5.44. The highest BCUT2D eigenvalue weighted by atomic mass is 31.2. The Morgan fingerprint density at radius 1 is 0.566 bits per heavy atom. The molecule has 0 radical (unpaired) electrons. The second kappa shape index (κ2) is 38.1. The van der Waals surface area contributed by atoms with Crippen LogP contribution in [-0.4, -0.2) is 70.7 Å². The van der Waals surface area contributed by atoms with Crippen LogP contribution in [0.2, 0.25) is 0 Å². The molecule has 316 valence electrons. The number of phosphoric acid groups is 1. The van der Waals surface area contributed by atoms with E-state index in [0.717, 1.165) is 44.9 Å². The van der Waals surface area contributed by atoms with Gasteiger partial charge in [-0.25, -0.2) is 0 Å². The van der Waals surface area contributed by atoms with Crippen LogP contribution in [0.3, 0.4) is 0 Å².